The fraction of sp³-hybridized carbons (Fsp3) is 0.733. The molecule has 0 aromatic carbocycles. The van der Waals surface area contributed by atoms with Gasteiger partial charge in [0.2, 0.25) is 0 Å². The van der Waals surface area contributed by atoms with Gasteiger partial charge in [-0.25, -0.2) is 4.79 Å². The van der Waals surface area contributed by atoms with Crippen molar-refractivity contribution >= 4 is 5.82 Å². The summed E-state index contributed by atoms with van der Waals surface area (Å²) in [6.45, 7) is 0. The second-order valence-corrected chi connectivity index (χ2v) is 7.04. The van der Waals surface area contributed by atoms with E-state index in [0.717, 1.165) is 11.8 Å². The van der Waals surface area contributed by atoms with Crippen molar-refractivity contribution in [3.8, 4) is 0 Å². The van der Waals surface area contributed by atoms with E-state index in [2.05, 4.69) is 0 Å². The molecule has 0 amide bonds. The molecule has 0 radical (unpaired) electrons. The zero-order chi connectivity index (χ0) is 14.0. The van der Waals surface area contributed by atoms with Crippen LogP contribution in [0.5, 0.6) is 0 Å². The van der Waals surface area contributed by atoms with Crippen LogP contribution in [-0.4, -0.2) is 9.13 Å². The minimum atomic E-state index is -0.312. The van der Waals surface area contributed by atoms with Crippen LogP contribution < -0.4 is 17.0 Å². The predicted molar refractivity (Wildman–Crippen MR) is 76.4 cm³/mol. The molecular formula is C15H21N3O2. The van der Waals surface area contributed by atoms with Gasteiger partial charge in [-0.3, -0.25) is 13.9 Å². The van der Waals surface area contributed by atoms with E-state index in [9.17, 15) is 9.59 Å². The Labute approximate surface area is 117 Å². The highest BCUT2D eigenvalue weighted by Crippen LogP contribution is 2.58. The molecule has 1 aromatic heterocycles. The van der Waals surface area contributed by atoms with Crippen molar-refractivity contribution in [2.24, 2.45) is 30.7 Å². The Balaban J connectivity index is 1.84. The highest BCUT2D eigenvalue weighted by molar-refractivity contribution is 5.28. The molecule has 0 saturated heterocycles. The highest BCUT2D eigenvalue weighted by atomic mass is 16.2. The molecule has 2 N–H and O–H groups in total. The molecule has 5 heteroatoms. The molecule has 4 bridgehead atoms. The number of aromatic nitrogens is 2. The smallest absolute Gasteiger partial charge is 0.332 e. The third kappa shape index (κ3) is 1.55. The summed E-state index contributed by atoms with van der Waals surface area (Å²) in [5, 5.41) is 0. The second kappa shape index (κ2) is 3.99. The summed E-state index contributed by atoms with van der Waals surface area (Å²) >= 11 is 0. The molecule has 0 aliphatic heterocycles. The lowest BCUT2D eigenvalue weighted by Gasteiger charge is -2.54. The minimum Gasteiger partial charge on any atom is -0.385 e. The van der Waals surface area contributed by atoms with E-state index < -0.39 is 0 Å². The van der Waals surface area contributed by atoms with Crippen LogP contribution in [0, 0.1) is 23.7 Å². The van der Waals surface area contributed by atoms with Crippen molar-refractivity contribution < 1.29 is 0 Å². The first-order valence-electron chi connectivity index (χ1n) is 7.62. The Morgan fingerprint density at radius 3 is 2.15 bits per heavy atom. The summed E-state index contributed by atoms with van der Waals surface area (Å²) in [5.41, 5.74) is 5.47. The summed E-state index contributed by atoms with van der Waals surface area (Å²) in [5.74, 6) is 3.21. The number of hydrogen-bond acceptors (Lipinski definition) is 3. The minimum absolute atomic E-state index is 0.210. The molecule has 5 rings (SSSR count). The third-order valence-electron chi connectivity index (χ3n) is 5.85. The van der Waals surface area contributed by atoms with E-state index in [-0.39, 0.29) is 17.3 Å². The molecule has 5 nitrogen and oxygen atoms in total. The highest BCUT2D eigenvalue weighted by Gasteiger charge is 2.49. The SMILES string of the molecule is Cn1c(=O)cc(N)n(C2C3CC4CC(C3)CC2C4)c1=O. The molecular weight excluding hydrogens is 254 g/mol. The molecule has 1 heterocycles. The van der Waals surface area contributed by atoms with Crippen molar-refractivity contribution in [1.82, 2.24) is 9.13 Å². The van der Waals surface area contributed by atoms with Gasteiger partial charge >= 0.3 is 5.69 Å². The Hall–Kier alpha value is -1.52. The summed E-state index contributed by atoms with van der Waals surface area (Å²) in [7, 11) is 1.54. The van der Waals surface area contributed by atoms with Crippen molar-refractivity contribution in [3.05, 3.63) is 26.9 Å². The number of hydrogen-bond donors (Lipinski definition) is 1. The van der Waals surface area contributed by atoms with E-state index in [4.69, 9.17) is 5.73 Å². The maximum atomic E-state index is 12.5. The van der Waals surface area contributed by atoms with Gasteiger partial charge in [0, 0.05) is 19.2 Å². The van der Waals surface area contributed by atoms with E-state index >= 15 is 0 Å². The van der Waals surface area contributed by atoms with Gasteiger partial charge in [0.15, 0.2) is 0 Å². The molecule has 108 valence electrons. The average molecular weight is 275 g/mol. The molecule has 0 unspecified atom stereocenters. The van der Waals surface area contributed by atoms with Crippen LogP contribution in [0.1, 0.15) is 38.1 Å². The first-order valence-corrected chi connectivity index (χ1v) is 7.62. The number of anilines is 1. The molecule has 4 fully saturated rings. The van der Waals surface area contributed by atoms with E-state index in [1.165, 1.54) is 49.8 Å². The Morgan fingerprint density at radius 2 is 1.60 bits per heavy atom. The lowest BCUT2D eigenvalue weighted by Crippen LogP contribution is -2.51. The Bertz CT molecular complexity index is 645. The van der Waals surface area contributed by atoms with Crippen molar-refractivity contribution in [2.45, 2.75) is 38.1 Å². The van der Waals surface area contributed by atoms with Gasteiger partial charge in [0.25, 0.3) is 5.56 Å². The van der Waals surface area contributed by atoms with Crippen molar-refractivity contribution in [2.75, 3.05) is 5.73 Å². The molecule has 4 aliphatic carbocycles. The zero-order valence-corrected chi connectivity index (χ0v) is 11.8. The van der Waals surface area contributed by atoms with Crippen LogP contribution in [-0.2, 0) is 7.05 Å². The van der Waals surface area contributed by atoms with E-state index in [0.29, 0.717) is 17.7 Å². The number of nitrogens with zero attached hydrogens (tertiary/aromatic N) is 2. The Kier molecular flexibility index (Phi) is 2.44. The zero-order valence-electron chi connectivity index (χ0n) is 11.8. The van der Waals surface area contributed by atoms with Crippen LogP contribution in [0.4, 0.5) is 5.82 Å². The third-order valence-corrected chi connectivity index (χ3v) is 5.85. The second-order valence-electron chi connectivity index (χ2n) is 7.04. The van der Waals surface area contributed by atoms with Gasteiger partial charge in [-0.05, 0) is 55.8 Å². The van der Waals surface area contributed by atoms with Gasteiger partial charge in [-0.1, -0.05) is 0 Å². The van der Waals surface area contributed by atoms with Crippen LogP contribution >= 0.6 is 0 Å². The van der Waals surface area contributed by atoms with Crippen LogP contribution in [0.25, 0.3) is 0 Å². The van der Waals surface area contributed by atoms with Crippen LogP contribution in [0.3, 0.4) is 0 Å². The molecule has 4 saturated carbocycles. The average Bonchev–Trinajstić information content (AvgIpc) is 2.38. The monoisotopic (exact) mass is 275 g/mol. The van der Waals surface area contributed by atoms with Crippen LogP contribution in [0.15, 0.2) is 15.7 Å². The maximum Gasteiger partial charge on any atom is 0.332 e. The van der Waals surface area contributed by atoms with Gasteiger partial charge in [0.05, 0.1) is 0 Å². The summed E-state index contributed by atoms with van der Waals surface area (Å²) in [6, 6.07) is 1.61. The molecule has 0 atom stereocenters. The molecule has 4 aliphatic rings. The quantitative estimate of drug-likeness (QED) is 0.835. The topological polar surface area (TPSA) is 70.0 Å². The van der Waals surface area contributed by atoms with Gasteiger partial charge < -0.3 is 5.73 Å². The Morgan fingerprint density at radius 1 is 1.05 bits per heavy atom. The lowest BCUT2D eigenvalue weighted by atomic mass is 9.54. The number of nitrogens with two attached hydrogens (primary N) is 1. The van der Waals surface area contributed by atoms with E-state index in [1.54, 1.807) is 4.57 Å². The molecule has 0 spiro atoms. The summed E-state index contributed by atoms with van der Waals surface area (Å²) in [4.78, 5) is 24.2. The summed E-state index contributed by atoms with van der Waals surface area (Å²) < 4.78 is 2.90. The number of rotatable bonds is 1. The van der Waals surface area contributed by atoms with Gasteiger partial charge in [-0.15, -0.1) is 0 Å². The van der Waals surface area contributed by atoms with Crippen LogP contribution in [0.2, 0.25) is 0 Å². The predicted octanol–water partition coefficient (Wildman–Crippen LogP) is 1.13. The molecule has 20 heavy (non-hydrogen) atoms. The summed E-state index contributed by atoms with van der Waals surface area (Å²) in [6.07, 6.45) is 6.30. The fourth-order valence-electron chi connectivity index (χ4n) is 5.28. The first-order chi connectivity index (χ1) is 9.54. The van der Waals surface area contributed by atoms with Crippen molar-refractivity contribution in [1.29, 1.82) is 0 Å². The lowest BCUT2D eigenvalue weighted by molar-refractivity contribution is -0.0304. The largest absolute Gasteiger partial charge is 0.385 e. The molecule has 1 aromatic rings. The standard InChI is InChI=1S/C15H21N3O2/c1-17-13(19)7-12(16)18(15(17)20)14-10-3-8-2-9(5-10)6-11(14)4-8/h7-11,14H,2-6,16H2,1H3. The first kappa shape index (κ1) is 12.2. The van der Waals surface area contributed by atoms with E-state index in [1.807, 2.05) is 0 Å². The maximum absolute atomic E-state index is 12.5. The normalized spacial score (nSPS) is 38.4. The fourth-order valence-corrected chi connectivity index (χ4v) is 5.28. The van der Waals surface area contributed by atoms with Gasteiger partial charge in [-0.2, -0.15) is 0 Å². The van der Waals surface area contributed by atoms with Crippen molar-refractivity contribution in [3.63, 3.8) is 0 Å². The number of nitrogen functional groups attached to an aromatic ring is 1. The van der Waals surface area contributed by atoms with Gasteiger partial charge in [0.1, 0.15) is 5.82 Å².